The second kappa shape index (κ2) is 7.17. The molecule has 0 atom stereocenters. The summed E-state index contributed by atoms with van der Waals surface area (Å²) in [5.74, 6) is 0.350. The third-order valence-electron chi connectivity index (χ3n) is 3.25. The van der Waals surface area contributed by atoms with Gasteiger partial charge in [-0.25, -0.2) is 0 Å². The first-order chi connectivity index (χ1) is 11.3. The third kappa shape index (κ3) is 4.14. The molecule has 5 nitrogen and oxygen atoms in total. The van der Waals surface area contributed by atoms with Gasteiger partial charge in [0, 0.05) is 12.2 Å². The van der Waals surface area contributed by atoms with E-state index in [1.54, 1.807) is 12.1 Å². The van der Waals surface area contributed by atoms with Crippen molar-refractivity contribution in [2.75, 3.05) is 10.6 Å². The third-order valence-corrected chi connectivity index (χ3v) is 3.25. The number of benzene rings is 2. The summed E-state index contributed by atoms with van der Waals surface area (Å²) in [6.07, 6.45) is 0. The number of carbonyl (C=O) groups excluding carboxylic acids is 1. The van der Waals surface area contributed by atoms with Crippen LogP contribution in [-0.2, 0) is 6.54 Å². The number of hydrogen-bond donors (Lipinski definition) is 2. The van der Waals surface area contributed by atoms with Crippen LogP contribution in [0.1, 0.15) is 16.1 Å². The van der Waals surface area contributed by atoms with Gasteiger partial charge in [-0.2, -0.15) is 0 Å². The van der Waals surface area contributed by atoms with E-state index in [9.17, 15) is 4.79 Å². The lowest BCUT2D eigenvalue weighted by Gasteiger charge is -2.06. The fraction of sp³-hybridized carbons (Fsp3) is 0.0556. The Hall–Kier alpha value is -3.21. The zero-order chi connectivity index (χ0) is 15.9. The molecule has 0 spiro atoms. The minimum Gasteiger partial charge on any atom is -0.365 e. The van der Waals surface area contributed by atoms with Crippen molar-refractivity contribution in [2.45, 2.75) is 6.54 Å². The van der Waals surface area contributed by atoms with Gasteiger partial charge in [-0.05, 0) is 29.8 Å². The van der Waals surface area contributed by atoms with Gasteiger partial charge in [0.15, 0.2) is 5.69 Å². The first-order valence-corrected chi connectivity index (χ1v) is 7.29. The topological polar surface area (TPSA) is 66.9 Å². The van der Waals surface area contributed by atoms with Gasteiger partial charge < -0.3 is 10.6 Å². The van der Waals surface area contributed by atoms with Crippen molar-refractivity contribution in [1.29, 1.82) is 0 Å². The number of carbonyl (C=O) groups is 1. The van der Waals surface area contributed by atoms with Crippen molar-refractivity contribution in [2.24, 2.45) is 0 Å². The molecule has 2 aromatic carbocycles. The largest absolute Gasteiger partial charge is 0.365 e. The average Bonchev–Trinajstić information content (AvgIpc) is 2.62. The van der Waals surface area contributed by atoms with E-state index < -0.39 is 0 Å². The van der Waals surface area contributed by atoms with Gasteiger partial charge in [-0.1, -0.05) is 48.5 Å². The molecule has 0 unspecified atom stereocenters. The normalized spacial score (nSPS) is 10.1. The highest BCUT2D eigenvalue weighted by molar-refractivity contribution is 6.02. The molecule has 1 aromatic heterocycles. The van der Waals surface area contributed by atoms with Gasteiger partial charge >= 0.3 is 0 Å². The van der Waals surface area contributed by atoms with Crippen molar-refractivity contribution < 1.29 is 4.79 Å². The molecule has 5 heteroatoms. The maximum absolute atomic E-state index is 12.1. The van der Waals surface area contributed by atoms with Gasteiger partial charge in [-0.3, -0.25) is 4.79 Å². The molecule has 0 aliphatic rings. The van der Waals surface area contributed by atoms with E-state index in [1.807, 2.05) is 60.7 Å². The zero-order valence-corrected chi connectivity index (χ0v) is 12.4. The number of amides is 1. The second-order valence-electron chi connectivity index (χ2n) is 4.96. The minimum absolute atomic E-state index is 0.277. The summed E-state index contributed by atoms with van der Waals surface area (Å²) >= 11 is 0. The molecule has 1 amide bonds. The molecule has 0 saturated carbocycles. The van der Waals surface area contributed by atoms with Crippen LogP contribution in [0.4, 0.5) is 11.5 Å². The van der Waals surface area contributed by atoms with Gasteiger partial charge in [-0.15, -0.1) is 10.2 Å². The van der Waals surface area contributed by atoms with Crippen LogP contribution in [0, 0.1) is 0 Å². The summed E-state index contributed by atoms with van der Waals surface area (Å²) in [6.45, 7) is 0.658. The van der Waals surface area contributed by atoms with Crippen LogP contribution >= 0.6 is 0 Å². The quantitative estimate of drug-likeness (QED) is 0.758. The molecule has 3 rings (SSSR count). The van der Waals surface area contributed by atoms with Gasteiger partial charge in [0.05, 0.1) is 0 Å². The predicted octanol–water partition coefficient (Wildman–Crippen LogP) is 3.34. The molecule has 0 aliphatic carbocycles. The fourth-order valence-electron chi connectivity index (χ4n) is 2.05. The summed E-state index contributed by atoms with van der Waals surface area (Å²) in [7, 11) is 0. The Kier molecular flexibility index (Phi) is 4.59. The molecule has 3 aromatic rings. The Morgan fingerprint density at radius 2 is 1.52 bits per heavy atom. The molecule has 23 heavy (non-hydrogen) atoms. The minimum atomic E-state index is -0.279. The van der Waals surface area contributed by atoms with E-state index in [4.69, 9.17) is 0 Å². The Labute approximate surface area is 134 Å². The van der Waals surface area contributed by atoms with Crippen LogP contribution in [0.25, 0.3) is 0 Å². The van der Waals surface area contributed by atoms with Crippen molar-refractivity contribution in [3.8, 4) is 0 Å². The highest BCUT2D eigenvalue weighted by Gasteiger charge is 2.08. The molecule has 0 saturated heterocycles. The van der Waals surface area contributed by atoms with E-state index in [1.165, 1.54) is 0 Å². The lowest BCUT2D eigenvalue weighted by atomic mass is 10.2. The number of anilines is 2. The van der Waals surface area contributed by atoms with E-state index in [0.29, 0.717) is 12.4 Å². The summed E-state index contributed by atoms with van der Waals surface area (Å²) in [4.78, 5) is 12.1. The highest BCUT2D eigenvalue weighted by Crippen LogP contribution is 2.09. The lowest BCUT2D eigenvalue weighted by Crippen LogP contribution is -2.14. The summed E-state index contributed by atoms with van der Waals surface area (Å²) in [5.41, 5.74) is 2.16. The Balaban J connectivity index is 1.59. The molecular weight excluding hydrogens is 288 g/mol. The van der Waals surface area contributed by atoms with Crippen molar-refractivity contribution in [3.05, 3.63) is 84.1 Å². The number of nitrogens with zero attached hydrogens (tertiary/aromatic N) is 2. The molecule has 2 N–H and O–H groups in total. The molecule has 0 aliphatic heterocycles. The number of nitrogens with one attached hydrogen (secondary N) is 2. The number of aromatic nitrogens is 2. The van der Waals surface area contributed by atoms with E-state index in [0.717, 1.165) is 11.3 Å². The number of para-hydroxylation sites is 1. The molecule has 114 valence electrons. The molecule has 1 heterocycles. The lowest BCUT2D eigenvalue weighted by molar-refractivity contribution is 0.102. The average molecular weight is 304 g/mol. The van der Waals surface area contributed by atoms with Crippen LogP contribution in [0.5, 0.6) is 0 Å². The first-order valence-electron chi connectivity index (χ1n) is 7.29. The Bertz CT molecular complexity index is 758. The molecule has 0 fully saturated rings. The van der Waals surface area contributed by atoms with Gasteiger partial charge in [0.25, 0.3) is 5.91 Å². The van der Waals surface area contributed by atoms with Crippen LogP contribution in [0.3, 0.4) is 0 Å². The fourth-order valence-corrected chi connectivity index (χ4v) is 2.05. The molecule has 0 radical (unpaired) electrons. The maximum atomic E-state index is 12.1. The van der Waals surface area contributed by atoms with Crippen molar-refractivity contribution in [3.63, 3.8) is 0 Å². The summed E-state index contributed by atoms with van der Waals surface area (Å²) in [6, 6.07) is 22.7. The summed E-state index contributed by atoms with van der Waals surface area (Å²) < 4.78 is 0. The van der Waals surface area contributed by atoms with Crippen LogP contribution < -0.4 is 10.6 Å². The van der Waals surface area contributed by atoms with Crippen molar-refractivity contribution in [1.82, 2.24) is 10.2 Å². The van der Waals surface area contributed by atoms with E-state index >= 15 is 0 Å². The Morgan fingerprint density at radius 1 is 0.826 bits per heavy atom. The van der Waals surface area contributed by atoms with Crippen LogP contribution in [0.15, 0.2) is 72.8 Å². The second-order valence-corrected chi connectivity index (χ2v) is 4.96. The van der Waals surface area contributed by atoms with E-state index in [2.05, 4.69) is 20.8 Å². The van der Waals surface area contributed by atoms with Gasteiger partial charge in [0.2, 0.25) is 0 Å². The van der Waals surface area contributed by atoms with Crippen molar-refractivity contribution >= 4 is 17.4 Å². The zero-order valence-electron chi connectivity index (χ0n) is 12.4. The van der Waals surface area contributed by atoms with Crippen LogP contribution in [-0.4, -0.2) is 16.1 Å². The number of rotatable bonds is 5. The summed E-state index contributed by atoms with van der Waals surface area (Å²) in [5, 5.41) is 13.9. The standard InChI is InChI=1S/C18H16N4O/c23-18(20-15-9-5-2-6-10-15)16-11-12-17(22-21-16)19-13-14-7-3-1-4-8-14/h1-12H,13H2,(H,19,22)(H,20,23). The number of hydrogen-bond acceptors (Lipinski definition) is 4. The maximum Gasteiger partial charge on any atom is 0.276 e. The SMILES string of the molecule is O=C(Nc1ccccc1)c1ccc(NCc2ccccc2)nn1. The monoisotopic (exact) mass is 304 g/mol. The Morgan fingerprint density at radius 3 is 2.17 bits per heavy atom. The van der Waals surface area contributed by atoms with Crippen LogP contribution in [0.2, 0.25) is 0 Å². The van der Waals surface area contributed by atoms with Gasteiger partial charge in [0.1, 0.15) is 5.82 Å². The van der Waals surface area contributed by atoms with E-state index in [-0.39, 0.29) is 11.6 Å². The molecule has 0 bridgehead atoms. The first kappa shape index (κ1) is 14.7. The smallest absolute Gasteiger partial charge is 0.276 e. The highest BCUT2D eigenvalue weighted by atomic mass is 16.1. The predicted molar refractivity (Wildman–Crippen MR) is 90.2 cm³/mol. The molecular formula is C18H16N4O.